The monoisotopic (exact) mass is 278 g/mol. The van der Waals surface area contributed by atoms with Crippen LogP contribution in [0.3, 0.4) is 0 Å². The topological polar surface area (TPSA) is 64.3 Å². The molecule has 5 heteroatoms. The van der Waals surface area contributed by atoms with E-state index in [2.05, 4.69) is 19.2 Å². The summed E-state index contributed by atoms with van der Waals surface area (Å²) >= 11 is 0. The highest BCUT2D eigenvalue weighted by molar-refractivity contribution is 5.85. The first-order valence-corrected chi connectivity index (χ1v) is 6.73. The maximum atomic E-state index is 11.7. The number of hydrogen-bond donors (Lipinski definition) is 2. The van der Waals surface area contributed by atoms with Crippen molar-refractivity contribution in [3.05, 3.63) is 0 Å². The van der Waals surface area contributed by atoms with Gasteiger partial charge in [0.25, 0.3) is 0 Å². The van der Waals surface area contributed by atoms with Crippen molar-refractivity contribution in [2.45, 2.75) is 51.5 Å². The normalized spacial score (nSPS) is 19.4. The first-order valence-electron chi connectivity index (χ1n) is 6.73. The second-order valence-electron chi connectivity index (χ2n) is 5.11. The molecule has 1 heterocycles. The Kier molecular flexibility index (Phi) is 8.57. The zero-order valence-corrected chi connectivity index (χ0v) is 12.4. The van der Waals surface area contributed by atoms with E-state index in [0.717, 1.165) is 38.9 Å². The van der Waals surface area contributed by atoms with Crippen LogP contribution in [0.2, 0.25) is 0 Å². The van der Waals surface area contributed by atoms with Crippen LogP contribution in [0.5, 0.6) is 0 Å². The molecule has 1 amide bonds. The summed E-state index contributed by atoms with van der Waals surface area (Å²) in [4.78, 5) is 11.7. The maximum absolute atomic E-state index is 11.7. The second-order valence-corrected chi connectivity index (χ2v) is 5.11. The Balaban J connectivity index is 0.00000289. The lowest BCUT2D eigenvalue weighted by atomic mass is 9.94. The van der Waals surface area contributed by atoms with Crippen LogP contribution >= 0.6 is 12.4 Å². The van der Waals surface area contributed by atoms with E-state index >= 15 is 0 Å². The molecule has 0 spiro atoms. The van der Waals surface area contributed by atoms with Crippen LogP contribution in [0.25, 0.3) is 0 Å². The number of amides is 1. The van der Waals surface area contributed by atoms with Crippen LogP contribution in [-0.4, -0.2) is 31.2 Å². The summed E-state index contributed by atoms with van der Waals surface area (Å²) in [7, 11) is 0. The van der Waals surface area contributed by atoms with E-state index in [1.54, 1.807) is 0 Å². The average Bonchev–Trinajstić information content (AvgIpc) is 2.86. The van der Waals surface area contributed by atoms with Gasteiger partial charge in [0, 0.05) is 31.7 Å². The SMILES string of the molecule is CCC(N)(CC)CNC(=O)CCC1CCOC1.Cl. The van der Waals surface area contributed by atoms with Crippen LogP contribution in [0.1, 0.15) is 46.0 Å². The van der Waals surface area contributed by atoms with Gasteiger partial charge in [-0.2, -0.15) is 0 Å². The van der Waals surface area contributed by atoms with Gasteiger partial charge in [-0.15, -0.1) is 12.4 Å². The van der Waals surface area contributed by atoms with Crippen LogP contribution in [-0.2, 0) is 9.53 Å². The van der Waals surface area contributed by atoms with Crippen LogP contribution < -0.4 is 11.1 Å². The standard InChI is InChI=1S/C13H26N2O2.ClH/c1-3-13(14,4-2)10-15-12(16)6-5-11-7-8-17-9-11;/h11H,3-10,14H2,1-2H3,(H,15,16);1H. The molecule has 1 saturated heterocycles. The summed E-state index contributed by atoms with van der Waals surface area (Å²) in [6.45, 7) is 6.37. The van der Waals surface area contributed by atoms with Crippen molar-refractivity contribution in [3.63, 3.8) is 0 Å². The number of carbonyl (C=O) groups is 1. The number of carbonyl (C=O) groups excluding carboxylic acids is 1. The van der Waals surface area contributed by atoms with Gasteiger partial charge in [0.05, 0.1) is 0 Å². The van der Waals surface area contributed by atoms with E-state index in [9.17, 15) is 4.79 Å². The van der Waals surface area contributed by atoms with Crippen molar-refractivity contribution in [1.82, 2.24) is 5.32 Å². The molecule has 108 valence electrons. The lowest BCUT2D eigenvalue weighted by Crippen LogP contribution is -2.49. The molecule has 1 rings (SSSR count). The van der Waals surface area contributed by atoms with Gasteiger partial charge in [-0.25, -0.2) is 0 Å². The van der Waals surface area contributed by atoms with Crippen molar-refractivity contribution in [2.75, 3.05) is 19.8 Å². The van der Waals surface area contributed by atoms with Gasteiger partial charge < -0.3 is 15.8 Å². The third-order valence-corrected chi connectivity index (χ3v) is 3.85. The fourth-order valence-corrected chi connectivity index (χ4v) is 2.01. The molecule has 1 aliphatic heterocycles. The molecular formula is C13H27ClN2O2. The Bertz CT molecular complexity index is 239. The molecule has 0 bridgehead atoms. The summed E-state index contributed by atoms with van der Waals surface area (Å²) in [5.41, 5.74) is 5.88. The van der Waals surface area contributed by atoms with E-state index in [-0.39, 0.29) is 23.9 Å². The van der Waals surface area contributed by atoms with Crippen LogP contribution in [0.15, 0.2) is 0 Å². The minimum Gasteiger partial charge on any atom is -0.381 e. The lowest BCUT2D eigenvalue weighted by Gasteiger charge is -2.26. The van der Waals surface area contributed by atoms with Gasteiger partial charge in [-0.1, -0.05) is 13.8 Å². The highest BCUT2D eigenvalue weighted by Crippen LogP contribution is 2.17. The van der Waals surface area contributed by atoms with Gasteiger partial charge in [0.2, 0.25) is 5.91 Å². The third kappa shape index (κ3) is 6.03. The molecule has 0 aromatic heterocycles. The molecule has 1 atom stereocenters. The second kappa shape index (κ2) is 8.73. The highest BCUT2D eigenvalue weighted by atomic mass is 35.5. The minimum atomic E-state index is -0.244. The van der Waals surface area contributed by atoms with Gasteiger partial charge in [-0.3, -0.25) is 4.79 Å². The van der Waals surface area contributed by atoms with Crippen LogP contribution in [0, 0.1) is 5.92 Å². The van der Waals surface area contributed by atoms with Gasteiger partial charge in [0.15, 0.2) is 0 Å². The molecule has 0 radical (unpaired) electrons. The molecule has 0 aromatic carbocycles. The van der Waals surface area contributed by atoms with Gasteiger partial charge in [0.1, 0.15) is 0 Å². The molecular weight excluding hydrogens is 252 g/mol. The summed E-state index contributed by atoms with van der Waals surface area (Å²) in [6, 6.07) is 0. The zero-order valence-electron chi connectivity index (χ0n) is 11.5. The van der Waals surface area contributed by atoms with E-state index in [0.29, 0.717) is 18.9 Å². The van der Waals surface area contributed by atoms with Crippen molar-refractivity contribution in [3.8, 4) is 0 Å². The van der Waals surface area contributed by atoms with Crippen molar-refractivity contribution >= 4 is 18.3 Å². The number of halogens is 1. The van der Waals surface area contributed by atoms with E-state index in [1.807, 2.05) is 0 Å². The Morgan fingerprint density at radius 1 is 1.44 bits per heavy atom. The van der Waals surface area contributed by atoms with Crippen molar-refractivity contribution in [1.29, 1.82) is 0 Å². The Hall–Kier alpha value is -0.320. The molecule has 1 fully saturated rings. The number of rotatable bonds is 7. The van der Waals surface area contributed by atoms with Crippen molar-refractivity contribution in [2.24, 2.45) is 11.7 Å². The zero-order chi connectivity index (χ0) is 12.7. The first kappa shape index (κ1) is 17.7. The maximum Gasteiger partial charge on any atom is 0.220 e. The lowest BCUT2D eigenvalue weighted by molar-refractivity contribution is -0.121. The molecule has 0 aliphatic carbocycles. The highest BCUT2D eigenvalue weighted by Gasteiger charge is 2.21. The fraction of sp³-hybridized carbons (Fsp3) is 0.923. The summed E-state index contributed by atoms with van der Waals surface area (Å²) < 4.78 is 5.29. The summed E-state index contributed by atoms with van der Waals surface area (Å²) in [6.07, 6.45) is 4.40. The largest absolute Gasteiger partial charge is 0.381 e. The Labute approximate surface area is 116 Å². The number of ether oxygens (including phenoxy) is 1. The minimum absolute atomic E-state index is 0. The fourth-order valence-electron chi connectivity index (χ4n) is 2.01. The smallest absolute Gasteiger partial charge is 0.220 e. The van der Waals surface area contributed by atoms with Gasteiger partial charge >= 0.3 is 0 Å². The number of nitrogens with two attached hydrogens (primary N) is 1. The first-order chi connectivity index (χ1) is 8.09. The van der Waals surface area contributed by atoms with Crippen molar-refractivity contribution < 1.29 is 9.53 Å². The van der Waals surface area contributed by atoms with Crippen LogP contribution in [0.4, 0.5) is 0 Å². The molecule has 0 aromatic rings. The van der Waals surface area contributed by atoms with Gasteiger partial charge in [-0.05, 0) is 31.6 Å². The van der Waals surface area contributed by atoms with E-state index < -0.39 is 0 Å². The quantitative estimate of drug-likeness (QED) is 0.747. The predicted octanol–water partition coefficient (Wildman–Crippen LogP) is 1.86. The predicted molar refractivity (Wildman–Crippen MR) is 75.9 cm³/mol. The average molecular weight is 279 g/mol. The number of hydrogen-bond acceptors (Lipinski definition) is 3. The Morgan fingerprint density at radius 3 is 2.61 bits per heavy atom. The molecule has 1 unspecified atom stereocenters. The summed E-state index contributed by atoms with van der Waals surface area (Å²) in [5.74, 6) is 0.689. The van der Waals surface area contributed by atoms with E-state index in [1.165, 1.54) is 0 Å². The van der Waals surface area contributed by atoms with E-state index in [4.69, 9.17) is 10.5 Å². The third-order valence-electron chi connectivity index (χ3n) is 3.85. The molecule has 18 heavy (non-hydrogen) atoms. The molecule has 3 N–H and O–H groups in total. The Morgan fingerprint density at radius 2 is 2.11 bits per heavy atom. The molecule has 4 nitrogen and oxygen atoms in total. The molecule has 0 saturated carbocycles. The molecule has 1 aliphatic rings. The number of nitrogens with one attached hydrogen (secondary N) is 1. The summed E-state index contributed by atoms with van der Waals surface area (Å²) in [5, 5.41) is 2.94.